The largest absolute Gasteiger partial charge is 0.479 e. The predicted octanol–water partition coefficient (Wildman–Crippen LogP) is 2.17. The molecule has 0 bridgehead atoms. The van der Waals surface area contributed by atoms with E-state index in [-0.39, 0.29) is 24.3 Å². The number of benzene rings is 2. The highest BCUT2D eigenvalue weighted by Crippen LogP contribution is 2.32. The standard InChI is InChI=1S/C20H19N3O4/c1-13-20(26)23-16-11-15(8-9-17(16)27-13)22-19(25)12-21-18(24)10-7-14-5-3-2-4-6-14/h2-11,13H,12H2,1H3,(H,21,24)(H,22,25)(H,23,26)/b10-7+/t13-/m0/s1. The van der Waals surface area contributed by atoms with E-state index in [1.807, 2.05) is 30.3 Å². The van der Waals surface area contributed by atoms with Gasteiger partial charge >= 0.3 is 0 Å². The Kier molecular flexibility index (Phi) is 5.51. The van der Waals surface area contributed by atoms with Crippen LogP contribution in [0.15, 0.2) is 54.6 Å². The van der Waals surface area contributed by atoms with Crippen molar-refractivity contribution < 1.29 is 19.1 Å². The van der Waals surface area contributed by atoms with Gasteiger partial charge < -0.3 is 20.7 Å². The molecule has 0 aromatic heterocycles. The molecule has 0 radical (unpaired) electrons. The summed E-state index contributed by atoms with van der Waals surface area (Å²) >= 11 is 0. The molecule has 0 fully saturated rings. The molecule has 27 heavy (non-hydrogen) atoms. The van der Waals surface area contributed by atoms with Crippen LogP contribution in [0.4, 0.5) is 11.4 Å². The van der Waals surface area contributed by atoms with Crippen LogP contribution in [0.5, 0.6) is 5.75 Å². The summed E-state index contributed by atoms with van der Waals surface area (Å²) in [4.78, 5) is 35.5. The second kappa shape index (κ2) is 8.18. The van der Waals surface area contributed by atoms with Crippen LogP contribution in [0.3, 0.4) is 0 Å². The highest BCUT2D eigenvalue weighted by Gasteiger charge is 2.23. The molecular formula is C20H19N3O4. The fourth-order valence-corrected chi connectivity index (χ4v) is 2.45. The maximum absolute atomic E-state index is 12.0. The minimum atomic E-state index is -0.558. The SMILES string of the molecule is C[C@@H]1Oc2ccc(NC(=O)CNC(=O)/C=C/c3ccccc3)cc2NC1=O. The molecule has 1 aliphatic heterocycles. The number of carbonyl (C=O) groups excluding carboxylic acids is 3. The van der Waals surface area contributed by atoms with Gasteiger partial charge in [0.2, 0.25) is 11.8 Å². The summed E-state index contributed by atoms with van der Waals surface area (Å²) in [5.74, 6) is -0.454. The normalized spacial score (nSPS) is 15.4. The molecule has 7 nitrogen and oxygen atoms in total. The maximum Gasteiger partial charge on any atom is 0.265 e. The average Bonchev–Trinajstić information content (AvgIpc) is 2.67. The second-order valence-electron chi connectivity index (χ2n) is 5.97. The Morgan fingerprint density at radius 3 is 2.74 bits per heavy atom. The van der Waals surface area contributed by atoms with E-state index in [1.165, 1.54) is 6.08 Å². The number of nitrogens with one attached hydrogen (secondary N) is 3. The van der Waals surface area contributed by atoms with Crippen molar-refractivity contribution in [2.24, 2.45) is 0 Å². The highest BCUT2D eigenvalue weighted by molar-refractivity contribution is 6.00. The van der Waals surface area contributed by atoms with Gasteiger partial charge in [-0.05, 0) is 36.8 Å². The van der Waals surface area contributed by atoms with Crippen LogP contribution in [-0.4, -0.2) is 30.4 Å². The zero-order valence-corrected chi connectivity index (χ0v) is 14.7. The topological polar surface area (TPSA) is 96.5 Å². The predicted molar refractivity (Wildman–Crippen MR) is 102 cm³/mol. The summed E-state index contributed by atoms with van der Waals surface area (Å²) in [6.07, 6.45) is 2.48. The van der Waals surface area contributed by atoms with Crippen molar-refractivity contribution in [2.45, 2.75) is 13.0 Å². The third-order valence-corrected chi connectivity index (χ3v) is 3.84. The number of fused-ring (bicyclic) bond motifs is 1. The number of carbonyl (C=O) groups is 3. The van der Waals surface area contributed by atoms with Crippen LogP contribution in [0, 0.1) is 0 Å². The highest BCUT2D eigenvalue weighted by atomic mass is 16.5. The third kappa shape index (κ3) is 4.94. The first-order valence-electron chi connectivity index (χ1n) is 8.43. The van der Waals surface area contributed by atoms with Crippen LogP contribution in [0.1, 0.15) is 12.5 Å². The van der Waals surface area contributed by atoms with Crippen molar-refractivity contribution in [3.05, 3.63) is 60.2 Å². The molecule has 3 rings (SSSR count). The van der Waals surface area contributed by atoms with E-state index in [1.54, 1.807) is 31.2 Å². The number of hydrogen-bond acceptors (Lipinski definition) is 4. The van der Waals surface area contributed by atoms with Crippen molar-refractivity contribution in [2.75, 3.05) is 17.2 Å². The van der Waals surface area contributed by atoms with Crippen LogP contribution in [-0.2, 0) is 14.4 Å². The molecule has 0 unspecified atom stereocenters. The lowest BCUT2D eigenvalue weighted by molar-refractivity contribution is -0.122. The fraction of sp³-hybridized carbons (Fsp3) is 0.150. The molecule has 3 amide bonds. The number of rotatable bonds is 5. The lowest BCUT2D eigenvalue weighted by Crippen LogP contribution is -2.34. The molecule has 2 aromatic rings. The maximum atomic E-state index is 12.0. The van der Waals surface area contributed by atoms with Gasteiger partial charge in [-0.1, -0.05) is 30.3 Å². The quantitative estimate of drug-likeness (QED) is 0.708. The van der Waals surface area contributed by atoms with Crippen LogP contribution >= 0.6 is 0 Å². The molecular weight excluding hydrogens is 346 g/mol. The molecule has 3 N–H and O–H groups in total. The Balaban J connectivity index is 1.51. The van der Waals surface area contributed by atoms with Crippen molar-refractivity contribution in [1.82, 2.24) is 5.32 Å². The molecule has 1 atom stereocenters. The smallest absolute Gasteiger partial charge is 0.265 e. The van der Waals surface area contributed by atoms with Gasteiger partial charge in [-0.2, -0.15) is 0 Å². The summed E-state index contributed by atoms with van der Waals surface area (Å²) in [6, 6.07) is 14.3. The summed E-state index contributed by atoms with van der Waals surface area (Å²) in [7, 11) is 0. The minimum Gasteiger partial charge on any atom is -0.479 e. The van der Waals surface area contributed by atoms with Gasteiger partial charge in [-0.15, -0.1) is 0 Å². The summed E-state index contributed by atoms with van der Waals surface area (Å²) in [5.41, 5.74) is 1.88. The minimum absolute atomic E-state index is 0.172. The monoisotopic (exact) mass is 365 g/mol. The molecule has 138 valence electrons. The van der Waals surface area contributed by atoms with E-state index in [0.29, 0.717) is 17.1 Å². The Hall–Kier alpha value is -3.61. The molecule has 1 aliphatic rings. The fourth-order valence-electron chi connectivity index (χ4n) is 2.45. The van der Waals surface area contributed by atoms with E-state index in [4.69, 9.17) is 4.74 Å². The zero-order valence-electron chi connectivity index (χ0n) is 14.7. The van der Waals surface area contributed by atoms with Gasteiger partial charge in [-0.3, -0.25) is 14.4 Å². The van der Waals surface area contributed by atoms with E-state index < -0.39 is 6.10 Å². The number of ether oxygens (including phenoxy) is 1. The number of amides is 3. The first-order chi connectivity index (χ1) is 13.0. The Morgan fingerprint density at radius 1 is 1.19 bits per heavy atom. The van der Waals surface area contributed by atoms with E-state index in [2.05, 4.69) is 16.0 Å². The summed E-state index contributed by atoms with van der Waals surface area (Å²) in [6.45, 7) is 1.48. The van der Waals surface area contributed by atoms with Gasteiger partial charge in [-0.25, -0.2) is 0 Å². The zero-order chi connectivity index (χ0) is 19.2. The second-order valence-corrected chi connectivity index (χ2v) is 5.97. The van der Waals surface area contributed by atoms with Crippen molar-refractivity contribution in [3.63, 3.8) is 0 Å². The lowest BCUT2D eigenvalue weighted by Gasteiger charge is -2.23. The first-order valence-corrected chi connectivity index (χ1v) is 8.43. The van der Waals surface area contributed by atoms with Gasteiger partial charge in [0.1, 0.15) is 5.75 Å². The van der Waals surface area contributed by atoms with Crippen LogP contribution in [0.25, 0.3) is 6.08 Å². The van der Waals surface area contributed by atoms with E-state index >= 15 is 0 Å². The molecule has 0 spiro atoms. The molecule has 0 saturated heterocycles. The molecule has 7 heteroatoms. The van der Waals surface area contributed by atoms with E-state index in [0.717, 1.165) is 5.56 Å². The Morgan fingerprint density at radius 2 is 1.96 bits per heavy atom. The Bertz CT molecular complexity index is 893. The lowest BCUT2D eigenvalue weighted by atomic mass is 10.2. The third-order valence-electron chi connectivity index (χ3n) is 3.84. The number of anilines is 2. The van der Waals surface area contributed by atoms with Crippen LogP contribution in [0.2, 0.25) is 0 Å². The van der Waals surface area contributed by atoms with Gasteiger partial charge in [0.15, 0.2) is 6.10 Å². The molecule has 0 aliphatic carbocycles. The molecule has 0 saturated carbocycles. The van der Waals surface area contributed by atoms with Crippen LogP contribution < -0.4 is 20.7 Å². The average molecular weight is 365 g/mol. The van der Waals surface area contributed by atoms with E-state index in [9.17, 15) is 14.4 Å². The molecule has 1 heterocycles. The first kappa shape index (κ1) is 18.2. The summed E-state index contributed by atoms with van der Waals surface area (Å²) < 4.78 is 5.46. The van der Waals surface area contributed by atoms with Gasteiger partial charge in [0, 0.05) is 11.8 Å². The Labute approximate surface area is 156 Å². The van der Waals surface area contributed by atoms with Gasteiger partial charge in [0.25, 0.3) is 5.91 Å². The molecule has 2 aromatic carbocycles. The van der Waals surface area contributed by atoms with Gasteiger partial charge in [0.05, 0.1) is 12.2 Å². The van der Waals surface area contributed by atoms with Crippen molar-refractivity contribution in [3.8, 4) is 5.75 Å². The number of hydrogen-bond donors (Lipinski definition) is 3. The summed E-state index contributed by atoms with van der Waals surface area (Å²) in [5, 5.41) is 7.89. The van der Waals surface area contributed by atoms with Crippen molar-refractivity contribution >= 4 is 35.2 Å². The van der Waals surface area contributed by atoms with Crippen molar-refractivity contribution in [1.29, 1.82) is 0 Å².